The quantitative estimate of drug-likeness (QED) is 0.779. The van der Waals surface area contributed by atoms with Crippen molar-refractivity contribution in [1.29, 1.82) is 0 Å². The van der Waals surface area contributed by atoms with Crippen LogP contribution in [0.4, 0.5) is 0 Å². The number of hydrogen-bond acceptors (Lipinski definition) is 2. The molecule has 0 N–H and O–H groups in total. The number of carbonyl (C=O) groups is 1. The minimum absolute atomic E-state index is 0. The van der Waals surface area contributed by atoms with E-state index in [-0.39, 0.29) is 17.0 Å². The van der Waals surface area contributed by atoms with Gasteiger partial charge in [0.25, 0.3) is 0 Å². The average Bonchev–Trinajstić information content (AvgIpc) is 2.34. The fourth-order valence-electron chi connectivity index (χ4n) is 1.55. The van der Waals surface area contributed by atoms with Crippen LogP contribution < -0.4 is 0 Å². The predicted molar refractivity (Wildman–Crippen MR) is 62.1 cm³/mol. The molecule has 0 amide bonds. The largest absolute Gasteiger partial charge is 0.325 e. The lowest BCUT2D eigenvalue weighted by Crippen LogP contribution is -2.03. The van der Waals surface area contributed by atoms with E-state index in [0.29, 0.717) is 6.54 Å². The molecule has 14 heavy (non-hydrogen) atoms. The molecule has 0 atom stereocenters. The highest BCUT2D eigenvalue weighted by Crippen LogP contribution is 2.11. The molecule has 0 aliphatic rings. The van der Waals surface area contributed by atoms with Crippen LogP contribution in [0.25, 0.3) is 0 Å². The Morgan fingerprint density at radius 2 is 2.07 bits per heavy atom. The molecular formula is C10H17BrN2O. The molecule has 80 valence electrons. The Labute approximate surface area is 95.3 Å². The van der Waals surface area contributed by atoms with Gasteiger partial charge in [-0.05, 0) is 20.3 Å². The van der Waals surface area contributed by atoms with Gasteiger partial charge in [0, 0.05) is 5.69 Å². The fraction of sp³-hybridized carbons (Fsp3) is 0.600. The first kappa shape index (κ1) is 13.4. The highest BCUT2D eigenvalue weighted by atomic mass is 79.9. The minimum Gasteiger partial charge on any atom is -0.325 e. The Morgan fingerprint density at radius 1 is 1.43 bits per heavy atom. The van der Waals surface area contributed by atoms with Crippen molar-refractivity contribution in [3.05, 3.63) is 17.2 Å². The summed E-state index contributed by atoms with van der Waals surface area (Å²) in [5, 5.41) is 0. The van der Waals surface area contributed by atoms with E-state index in [4.69, 9.17) is 0 Å². The minimum atomic E-state index is 0. The third-order valence-corrected chi connectivity index (χ3v) is 2.25. The van der Waals surface area contributed by atoms with E-state index < -0.39 is 0 Å². The predicted octanol–water partition coefficient (Wildman–Crippen LogP) is 2.23. The Morgan fingerprint density at radius 3 is 2.57 bits per heavy atom. The summed E-state index contributed by atoms with van der Waals surface area (Å²) in [4.78, 5) is 14.8. The summed E-state index contributed by atoms with van der Waals surface area (Å²) in [6.45, 7) is 6.52. The second kappa shape index (κ2) is 5.96. The molecule has 4 heteroatoms. The molecule has 0 aliphatic carbocycles. The molecule has 0 saturated carbocycles. The average molecular weight is 261 g/mol. The van der Waals surface area contributed by atoms with Crippen molar-refractivity contribution in [2.75, 3.05) is 0 Å². The maximum absolute atomic E-state index is 10.4. The van der Waals surface area contributed by atoms with Gasteiger partial charge in [-0.25, -0.2) is 4.98 Å². The third kappa shape index (κ3) is 2.67. The first-order valence-corrected chi connectivity index (χ1v) is 4.67. The van der Waals surface area contributed by atoms with E-state index in [1.807, 2.05) is 18.4 Å². The van der Waals surface area contributed by atoms with Gasteiger partial charge >= 0.3 is 0 Å². The van der Waals surface area contributed by atoms with E-state index in [1.165, 1.54) is 0 Å². The smallest absolute Gasteiger partial charge is 0.139 e. The molecule has 0 saturated heterocycles. The van der Waals surface area contributed by atoms with Crippen molar-refractivity contribution in [2.45, 2.75) is 40.2 Å². The lowest BCUT2D eigenvalue weighted by Gasteiger charge is -2.01. The van der Waals surface area contributed by atoms with E-state index in [0.717, 1.165) is 36.3 Å². The normalized spacial score (nSPS) is 9.64. The summed E-state index contributed by atoms with van der Waals surface area (Å²) in [5.41, 5.74) is 2.26. The number of nitrogens with zero attached hydrogens (tertiary/aromatic N) is 2. The van der Waals surface area contributed by atoms with Crippen LogP contribution in [-0.4, -0.2) is 15.8 Å². The molecule has 0 aromatic carbocycles. The van der Waals surface area contributed by atoms with E-state index in [1.54, 1.807) is 0 Å². The molecule has 3 nitrogen and oxygen atoms in total. The zero-order valence-electron chi connectivity index (χ0n) is 8.91. The number of aldehydes is 1. The molecule has 1 heterocycles. The van der Waals surface area contributed by atoms with Crippen molar-refractivity contribution in [3.63, 3.8) is 0 Å². The van der Waals surface area contributed by atoms with Crippen molar-refractivity contribution in [3.8, 4) is 0 Å². The van der Waals surface area contributed by atoms with Crippen molar-refractivity contribution in [2.24, 2.45) is 0 Å². The summed E-state index contributed by atoms with van der Waals surface area (Å²) in [7, 11) is 0. The van der Waals surface area contributed by atoms with Crippen LogP contribution in [0.2, 0.25) is 0 Å². The summed E-state index contributed by atoms with van der Waals surface area (Å²) in [6.07, 6.45) is 3.01. The summed E-state index contributed by atoms with van der Waals surface area (Å²) in [5.74, 6) is 0.938. The number of halogens is 1. The van der Waals surface area contributed by atoms with Gasteiger partial charge in [-0.2, -0.15) is 0 Å². The lowest BCUT2D eigenvalue weighted by atomic mass is 10.2. The molecular weight excluding hydrogens is 244 g/mol. The third-order valence-electron chi connectivity index (χ3n) is 2.25. The number of rotatable bonds is 4. The number of carbonyl (C=O) groups excluding carboxylic acids is 1. The first-order valence-electron chi connectivity index (χ1n) is 4.67. The van der Waals surface area contributed by atoms with Crippen LogP contribution in [0, 0.1) is 13.8 Å². The van der Waals surface area contributed by atoms with Crippen LogP contribution in [0.3, 0.4) is 0 Å². The number of aryl methyl sites for hydroxylation is 2. The maximum Gasteiger partial charge on any atom is 0.139 e. The zero-order valence-corrected chi connectivity index (χ0v) is 10.6. The van der Waals surface area contributed by atoms with Crippen LogP contribution in [0.15, 0.2) is 0 Å². The van der Waals surface area contributed by atoms with Crippen molar-refractivity contribution >= 4 is 23.3 Å². The molecule has 0 spiro atoms. The second-order valence-corrected chi connectivity index (χ2v) is 3.22. The molecule has 0 radical (unpaired) electrons. The Hall–Kier alpha value is -0.640. The van der Waals surface area contributed by atoms with Gasteiger partial charge < -0.3 is 9.36 Å². The highest BCUT2D eigenvalue weighted by molar-refractivity contribution is 8.93. The highest BCUT2D eigenvalue weighted by Gasteiger charge is 2.08. The van der Waals surface area contributed by atoms with Gasteiger partial charge in [0.1, 0.15) is 12.1 Å². The summed E-state index contributed by atoms with van der Waals surface area (Å²) < 4.78 is 1.96. The van der Waals surface area contributed by atoms with E-state index >= 15 is 0 Å². The topological polar surface area (TPSA) is 34.9 Å². The van der Waals surface area contributed by atoms with Crippen molar-refractivity contribution < 1.29 is 4.79 Å². The standard InChI is InChI=1S/C10H16N2O.BrH/c1-4-5-10-8(2)12(6-7-13)9(3)11-10;/h7H,4-6H2,1-3H3;1H. The van der Waals surface area contributed by atoms with E-state index in [2.05, 4.69) is 11.9 Å². The van der Waals surface area contributed by atoms with Crippen LogP contribution in [-0.2, 0) is 17.8 Å². The van der Waals surface area contributed by atoms with E-state index in [9.17, 15) is 4.79 Å². The first-order chi connectivity index (χ1) is 6.20. The maximum atomic E-state index is 10.4. The molecule has 0 aliphatic heterocycles. The number of aromatic nitrogens is 2. The van der Waals surface area contributed by atoms with Gasteiger partial charge in [-0.15, -0.1) is 17.0 Å². The van der Waals surface area contributed by atoms with Gasteiger partial charge in [0.2, 0.25) is 0 Å². The van der Waals surface area contributed by atoms with Crippen LogP contribution in [0.5, 0.6) is 0 Å². The fourth-order valence-corrected chi connectivity index (χ4v) is 1.55. The molecule has 0 fully saturated rings. The molecule has 0 bridgehead atoms. The van der Waals surface area contributed by atoms with Crippen molar-refractivity contribution in [1.82, 2.24) is 9.55 Å². The number of imidazole rings is 1. The Balaban J connectivity index is 0.00000169. The SMILES string of the molecule is Br.CCCc1nc(C)n(CC=O)c1C. The zero-order chi connectivity index (χ0) is 9.84. The molecule has 0 unspecified atom stereocenters. The van der Waals surface area contributed by atoms with Gasteiger partial charge in [0.05, 0.1) is 12.2 Å². The Kier molecular flexibility index (Phi) is 5.69. The Bertz CT molecular complexity index is 307. The lowest BCUT2D eigenvalue weighted by molar-refractivity contribution is -0.108. The monoisotopic (exact) mass is 260 g/mol. The summed E-state index contributed by atoms with van der Waals surface area (Å²) >= 11 is 0. The van der Waals surface area contributed by atoms with Crippen LogP contribution >= 0.6 is 17.0 Å². The number of hydrogen-bond donors (Lipinski definition) is 0. The van der Waals surface area contributed by atoms with Gasteiger partial charge in [-0.1, -0.05) is 13.3 Å². The second-order valence-electron chi connectivity index (χ2n) is 3.22. The van der Waals surface area contributed by atoms with Gasteiger partial charge in [-0.3, -0.25) is 0 Å². The van der Waals surface area contributed by atoms with Gasteiger partial charge in [0.15, 0.2) is 0 Å². The van der Waals surface area contributed by atoms with Crippen LogP contribution in [0.1, 0.15) is 30.6 Å². The summed E-state index contributed by atoms with van der Waals surface area (Å²) in [6, 6.07) is 0. The molecule has 1 aromatic heterocycles. The molecule has 1 rings (SSSR count). The molecule has 1 aromatic rings.